The quantitative estimate of drug-likeness (QED) is 0.556. The topological polar surface area (TPSA) is 63.2 Å². The maximum Gasteiger partial charge on any atom is 0.228 e. The minimum atomic E-state index is -0.986. The van der Waals surface area contributed by atoms with Gasteiger partial charge in [0.05, 0.1) is 6.42 Å². The lowest BCUT2D eigenvalue weighted by molar-refractivity contribution is -0.122. The Bertz CT molecular complexity index is 425. The first-order valence-corrected chi connectivity index (χ1v) is 4.60. The Hall–Kier alpha value is -1.97. The largest absolute Gasteiger partial charge is 0.339 e. The van der Waals surface area contributed by atoms with Gasteiger partial charge in [0.1, 0.15) is 0 Å². The molecule has 1 aliphatic heterocycles. The minimum absolute atomic E-state index is 0.191. The molecule has 0 aliphatic carbocycles. The number of nitrogens with one attached hydrogen (secondary N) is 1. The van der Waals surface area contributed by atoms with Crippen molar-refractivity contribution in [3.8, 4) is 0 Å². The number of carbonyl (C=O) groups is 3. The van der Waals surface area contributed by atoms with Crippen LogP contribution in [-0.4, -0.2) is 23.5 Å². The van der Waals surface area contributed by atoms with Crippen LogP contribution in [0.1, 0.15) is 16.8 Å². The molecular formula is C11H9NO3. The van der Waals surface area contributed by atoms with Crippen LogP contribution in [0, 0.1) is 0 Å². The predicted octanol–water partition coefficient (Wildman–Crippen LogP) is 0.327. The second kappa shape index (κ2) is 3.65. The summed E-state index contributed by atoms with van der Waals surface area (Å²) in [5, 5.41) is 2.36. The van der Waals surface area contributed by atoms with Crippen LogP contribution >= 0.6 is 0 Å². The van der Waals surface area contributed by atoms with E-state index in [2.05, 4.69) is 5.32 Å². The Labute approximate surface area is 86.3 Å². The number of benzene rings is 1. The highest BCUT2D eigenvalue weighted by molar-refractivity contribution is 6.22. The number of hydrogen-bond donors (Lipinski definition) is 1. The fourth-order valence-electron chi connectivity index (χ4n) is 1.53. The van der Waals surface area contributed by atoms with Gasteiger partial charge in [0.15, 0.2) is 17.6 Å². The molecule has 1 N–H and O–H groups in total. The van der Waals surface area contributed by atoms with Gasteiger partial charge in [-0.1, -0.05) is 30.3 Å². The summed E-state index contributed by atoms with van der Waals surface area (Å²) in [4.78, 5) is 34.0. The monoisotopic (exact) mass is 203 g/mol. The molecular weight excluding hydrogens is 194 g/mol. The molecule has 1 atom stereocenters. The van der Waals surface area contributed by atoms with Gasteiger partial charge in [0.25, 0.3) is 0 Å². The van der Waals surface area contributed by atoms with Gasteiger partial charge in [-0.2, -0.15) is 0 Å². The number of rotatable bonds is 2. The molecule has 4 nitrogen and oxygen atoms in total. The van der Waals surface area contributed by atoms with E-state index >= 15 is 0 Å². The molecule has 1 saturated heterocycles. The van der Waals surface area contributed by atoms with Crippen LogP contribution in [0.2, 0.25) is 0 Å². The number of amides is 1. The van der Waals surface area contributed by atoms with Crippen molar-refractivity contribution in [3.05, 3.63) is 35.9 Å². The number of hydrogen-bond acceptors (Lipinski definition) is 3. The molecule has 1 heterocycles. The van der Waals surface area contributed by atoms with Crippen molar-refractivity contribution in [2.75, 3.05) is 0 Å². The molecule has 0 spiro atoms. The highest BCUT2D eigenvalue weighted by atomic mass is 16.2. The summed E-state index contributed by atoms with van der Waals surface area (Å²) < 4.78 is 0. The summed E-state index contributed by atoms with van der Waals surface area (Å²) in [6.45, 7) is 0. The van der Waals surface area contributed by atoms with Gasteiger partial charge in [-0.25, -0.2) is 0 Å². The van der Waals surface area contributed by atoms with Crippen LogP contribution in [0.4, 0.5) is 0 Å². The molecule has 0 aromatic heterocycles. The predicted molar refractivity (Wildman–Crippen MR) is 52.3 cm³/mol. The first kappa shape index (κ1) is 9.58. The van der Waals surface area contributed by atoms with Gasteiger partial charge < -0.3 is 5.32 Å². The van der Waals surface area contributed by atoms with E-state index in [0.717, 1.165) is 0 Å². The van der Waals surface area contributed by atoms with Crippen LogP contribution in [0.5, 0.6) is 0 Å². The Balaban J connectivity index is 2.23. The molecule has 1 aliphatic rings. The van der Waals surface area contributed by atoms with E-state index in [1.807, 2.05) is 0 Å². The normalized spacial score (nSPS) is 20.1. The van der Waals surface area contributed by atoms with Crippen molar-refractivity contribution >= 4 is 17.5 Å². The molecule has 0 radical (unpaired) electrons. The van der Waals surface area contributed by atoms with E-state index in [0.29, 0.717) is 5.56 Å². The van der Waals surface area contributed by atoms with E-state index in [4.69, 9.17) is 0 Å². The Morgan fingerprint density at radius 2 is 1.87 bits per heavy atom. The first-order valence-electron chi connectivity index (χ1n) is 4.60. The summed E-state index contributed by atoms with van der Waals surface area (Å²) in [7, 11) is 0. The van der Waals surface area contributed by atoms with Crippen molar-refractivity contribution in [2.45, 2.75) is 12.5 Å². The average Bonchev–Trinajstić information content (AvgIpc) is 2.58. The standard InChI is InChI=1S/C11H9NO3/c13-8-6-9(14)12-10(8)11(15)7-4-2-1-3-5-7/h1-5,10H,6H2,(H,12,14). The molecule has 4 heteroatoms. The lowest BCUT2D eigenvalue weighted by Crippen LogP contribution is -2.37. The van der Waals surface area contributed by atoms with E-state index in [1.54, 1.807) is 30.3 Å². The molecule has 1 amide bonds. The van der Waals surface area contributed by atoms with Gasteiger partial charge in [-0.3, -0.25) is 14.4 Å². The number of carbonyl (C=O) groups excluding carboxylic acids is 3. The minimum Gasteiger partial charge on any atom is -0.339 e. The van der Waals surface area contributed by atoms with E-state index in [9.17, 15) is 14.4 Å². The Morgan fingerprint density at radius 3 is 2.40 bits per heavy atom. The Kier molecular flexibility index (Phi) is 2.33. The molecule has 2 rings (SSSR count). The molecule has 0 bridgehead atoms. The lowest BCUT2D eigenvalue weighted by atomic mass is 10.0. The average molecular weight is 203 g/mol. The lowest BCUT2D eigenvalue weighted by Gasteiger charge is -2.06. The van der Waals surface area contributed by atoms with Crippen LogP contribution in [0.15, 0.2) is 30.3 Å². The second-order valence-electron chi connectivity index (χ2n) is 3.37. The number of ketones is 2. The third-order valence-electron chi connectivity index (χ3n) is 2.28. The van der Waals surface area contributed by atoms with Crippen LogP contribution in [-0.2, 0) is 9.59 Å². The van der Waals surface area contributed by atoms with Crippen LogP contribution in [0.3, 0.4) is 0 Å². The van der Waals surface area contributed by atoms with Crippen molar-refractivity contribution in [1.29, 1.82) is 0 Å². The fraction of sp³-hybridized carbons (Fsp3) is 0.182. The highest BCUT2D eigenvalue weighted by Gasteiger charge is 2.35. The van der Waals surface area contributed by atoms with Crippen molar-refractivity contribution in [2.24, 2.45) is 0 Å². The van der Waals surface area contributed by atoms with Crippen LogP contribution in [0.25, 0.3) is 0 Å². The second-order valence-corrected chi connectivity index (χ2v) is 3.37. The van der Waals surface area contributed by atoms with Gasteiger partial charge in [-0.05, 0) is 0 Å². The zero-order chi connectivity index (χ0) is 10.8. The summed E-state index contributed by atoms with van der Waals surface area (Å²) in [5.74, 6) is -1.07. The zero-order valence-electron chi connectivity index (χ0n) is 7.90. The van der Waals surface area contributed by atoms with E-state index in [-0.39, 0.29) is 23.9 Å². The van der Waals surface area contributed by atoms with Gasteiger partial charge in [0.2, 0.25) is 5.91 Å². The van der Waals surface area contributed by atoms with E-state index < -0.39 is 6.04 Å². The van der Waals surface area contributed by atoms with Crippen LogP contribution < -0.4 is 5.32 Å². The molecule has 1 fully saturated rings. The number of Topliss-reactive ketones (excluding diaryl/α,β-unsaturated/α-hetero) is 2. The molecule has 76 valence electrons. The summed E-state index contributed by atoms with van der Waals surface area (Å²) in [6.07, 6.45) is -0.191. The van der Waals surface area contributed by atoms with Gasteiger partial charge >= 0.3 is 0 Å². The molecule has 1 aromatic rings. The summed E-state index contributed by atoms with van der Waals surface area (Å²) in [5.41, 5.74) is 0.443. The molecule has 15 heavy (non-hydrogen) atoms. The summed E-state index contributed by atoms with van der Waals surface area (Å²) >= 11 is 0. The molecule has 1 unspecified atom stereocenters. The Morgan fingerprint density at radius 1 is 1.20 bits per heavy atom. The first-order chi connectivity index (χ1) is 7.18. The zero-order valence-corrected chi connectivity index (χ0v) is 7.90. The van der Waals surface area contributed by atoms with Crippen molar-refractivity contribution < 1.29 is 14.4 Å². The maximum atomic E-state index is 11.8. The molecule has 1 aromatic carbocycles. The highest BCUT2D eigenvalue weighted by Crippen LogP contribution is 2.10. The van der Waals surface area contributed by atoms with Gasteiger partial charge in [0, 0.05) is 5.56 Å². The third kappa shape index (κ3) is 1.79. The van der Waals surface area contributed by atoms with Gasteiger partial charge in [-0.15, -0.1) is 0 Å². The van der Waals surface area contributed by atoms with Crippen molar-refractivity contribution in [1.82, 2.24) is 5.32 Å². The van der Waals surface area contributed by atoms with Crippen molar-refractivity contribution in [3.63, 3.8) is 0 Å². The maximum absolute atomic E-state index is 11.8. The third-order valence-corrected chi connectivity index (χ3v) is 2.28. The SMILES string of the molecule is O=C1CC(=O)C(C(=O)c2ccccc2)N1. The molecule has 0 saturated carbocycles. The summed E-state index contributed by atoms with van der Waals surface area (Å²) in [6, 6.07) is 7.48. The smallest absolute Gasteiger partial charge is 0.228 e. The van der Waals surface area contributed by atoms with E-state index in [1.165, 1.54) is 0 Å². The fourth-order valence-corrected chi connectivity index (χ4v) is 1.53.